The van der Waals surface area contributed by atoms with Gasteiger partial charge in [-0.25, -0.2) is 0 Å². The average Bonchev–Trinajstić information content (AvgIpc) is 2.75. The number of benzene rings is 12. The van der Waals surface area contributed by atoms with Crippen LogP contribution in [-0.2, 0) is 4.66 Å². The van der Waals surface area contributed by atoms with Gasteiger partial charge in [0.1, 0.15) is 0 Å². The zero-order valence-corrected chi connectivity index (χ0v) is 48.0. The molecule has 382 valence electrons. The molecule has 0 atom stereocenters. The third-order valence-corrected chi connectivity index (χ3v) is 26.8. The van der Waals surface area contributed by atoms with E-state index in [9.17, 15) is 0 Å². The molecule has 0 spiro atoms. The van der Waals surface area contributed by atoms with Crippen molar-refractivity contribution in [2.45, 2.75) is 43.9 Å². The van der Waals surface area contributed by atoms with Crippen molar-refractivity contribution in [1.29, 1.82) is 0 Å². The minimum Gasteiger partial charge on any atom is -0.310 e. The second kappa shape index (κ2) is 19.9. The summed E-state index contributed by atoms with van der Waals surface area (Å²) in [6, 6.07) is 104. The highest BCUT2D eigenvalue weighted by molar-refractivity contribution is 7.00. The molecule has 79 heavy (non-hydrogen) atoms. The molecule has 13 rings (SSSR count). The molecular formula is C75H64N2Si2. The Morgan fingerprint density at radius 2 is 0.646 bits per heavy atom. The van der Waals surface area contributed by atoms with Gasteiger partial charge < -0.3 is 9.80 Å². The average molecular weight is 1050 g/mol. The van der Waals surface area contributed by atoms with Crippen LogP contribution in [0.4, 0.5) is 34.1 Å². The first-order chi connectivity index (χ1) is 38.5. The quantitative estimate of drug-likeness (QED) is 0.0889. The largest absolute Gasteiger partial charge is 0.310 e. The fourth-order valence-corrected chi connectivity index (χ4v) is 26.8. The molecule has 0 aromatic heterocycles. The normalized spacial score (nSPS) is 12.8. The molecule has 4 heteroatoms. The topological polar surface area (TPSA) is 6.48 Å². The Bertz CT molecular complexity index is 4170. The maximum Gasteiger partial charge on any atom is 0.0579 e. The van der Waals surface area contributed by atoms with E-state index in [-0.39, 0.29) is 4.66 Å². The van der Waals surface area contributed by atoms with Crippen LogP contribution in [0.25, 0.3) is 77.2 Å². The highest BCUT2D eigenvalue weighted by Crippen LogP contribution is 2.63. The van der Waals surface area contributed by atoms with Crippen LogP contribution in [0.2, 0.25) is 39.3 Å². The van der Waals surface area contributed by atoms with E-state index in [0.717, 1.165) is 28.4 Å². The third kappa shape index (κ3) is 8.46. The second-order valence-electron chi connectivity index (χ2n) is 23.3. The van der Waals surface area contributed by atoms with Crippen molar-refractivity contribution in [1.82, 2.24) is 0 Å². The van der Waals surface area contributed by atoms with Crippen molar-refractivity contribution >= 4 is 71.8 Å². The van der Waals surface area contributed by atoms with E-state index in [1.807, 2.05) is 0 Å². The van der Waals surface area contributed by atoms with Gasteiger partial charge in [0, 0.05) is 38.5 Å². The highest BCUT2D eigenvalue weighted by atomic mass is 28.4. The summed E-state index contributed by atoms with van der Waals surface area (Å²) in [5.41, 5.74) is 22.1. The lowest BCUT2D eigenvalue weighted by molar-refractivity contribution is 0.962. The van der Waals surface area contributed by atoms with Crippen molar-refractivity contribution < 1.29 is 0 Å². The van der Waals surface area contributed by atoms with Crippen LogP contribution in [0.15, 0.2) is 279 Å². The van der Waals surface area contributed by atoms with E-state index in [4.69, 9.17) is 0 Å². The molecule has 2 nitrogen and oxygen atoms in total. The molecule has 0 saturated heterocycles. The molecule has 12 aromatic carbocycles. The Morgan fingerprint density at radius 3 is 1.10 bits per heavy atom. The number of anilines is 6. The highest BCUT2D eigenvalue weighted by Gasteiger charge is 2.60. The monoisotopic (exact) mass is 1050 g/mol. The summed E-state index contributed by atoms with van der Waals surface area (Å²) in [7, 11) is -4.48. The molecule has 0 amide bonds. The molecule has 0 bridgehead atoms. The van der Waals surface area contributed by atoms with Gasteiger partial charge in [-0.05, 0) is 138 Å². The fourth-order valence-electron chi connectivity index (χ4n) is 13.8. The van der Waals surface area contributed by atoms with Gasteiger partial charge in [-0.3, -0.25) is 0 Å². The van der Waals surface area contributed by atoms with Crippen molar-refractivity contribution in [3.8, 4) is 55.6 Å². The summed E-state index contributed by atoms with van der Waals surface area (Å²) in [5, 5.41) is 5.24. The molecule has 0 fully saturated rings. The zero-order valence-electron chi connectivity index (χ0n) is 46.0. The molecule has 1 aliphatic carbocycles. The summed E-state index contributed by atoms with van der Waals surface area (Å²) >= 11 is 0. The van der Waals surface area contributed by atoms with Gasteiger partial charge in [0.05, 0.1) is 27.5 Å². The van der Waals surface area contributed by atoms with Gasteiger partial charge in [-0.1, -0.05) is 258 Å². The van der Waals surface area contributed by atoms with Crippen molar-refractivity contribution in [3.05, 3.63) is 290 Å². The van der Waals surface area contributed by atoms with Gasteiger partial charge in [-0.2, -0.15) is 0 Å². The lowest BCUT2D eigenvalue weighted by atomic mass is 9.90. The molecule has 0 N–H and O–H groups in total. The molecule has 0 aliphatic heterocycles. The van der Waals surface area contributed by atoms with Crippen molar-refractivity contribution in [2.75, 3.05) is 9.80 Å². The molecular weight excluding hydrogens is 985 g/mol. The van der Waals surface area contributed by atoms with Crippen LogP contribution in [-0.4, -0.2) is 16.1 Å². The van der Waals surface area contributed by atoms with E-state index >= 15 is 0 Å². The number of rotatable bonds is 12. The predicted octanol–water partition coefficient (Wildman–Crippen LogP) is 21.6. The number of fused-ring (bicyclic) bond motifs is 8. The Hall–Kier alpha value is -8.81. The summed E-state index contributed by atoms with van der Waals surface area (Å²) in [6.07, 6.45) is 0. The minimum absolute atomic E-state index is 0.190. The Morgan fingerprint density at radius 1 is 0.266 bits per heavy atom. The number of para-hydroxylation sites is 2. The first kappa shape index (κ1) is 49.7. The number of hydrogen-bond acceptors (Lipinski definition) is 2. The molecule has 0 saturated carbocycles. The van der Waals surface area contributed by atoms with Crippen LogP contribution in [0, 0.1) is 0 Å². The van der Waals surface area contributed by atoms with Gasteiger partial charge in [0.25, 0.3) is 0 Å². The standard InChI is InChI=1S/C75H64N2Si2/c1-78(2,3)75(79(4,5)6)70-52-62(77(60-37-23-12-24-38-60)72-50-58(54-29-15-8-16-30-54)42-46-64(72)56-33-19-10-20-34-56)44-48-68(70)73-66-40-26-25-39-65(66)69-51-61(43-47-67(69)74(73)75)76(59-35-21-11-22-36-59)71-49-57(53-27-13-7-14-28-53)41-45-63(71)55-31-17-9-18-32-55/h7-52H,1-6H3. The van der Waals surface area contributed by atoms with Gasteiger partial charge in [-0.15, -0.1) is 0 Å². The maximum atomic E-state index is 2.65. The van der Waals surface area contributed by atoms with E-state index in [1.165, 1.54) is 94.0 Å². The van der Waals surface area contributed by atoms with Gasteiger partial charge in [0.2, 0.25) is 0 Å². The number of nitrogens with zero attached hydrogens (tertiary/aromatic N) is 2. The fraction of sp³-hybridized carbons (Fsp3) is 0.0933. The molecule has 12 aromatic rings. The van der Waals surface area contributed by atoms with E-state index in [2.05, 4.69) is 328 Å². The van der Waals surface area contributed by atoms with Crippen molar-refractivity contribution in [3.63, 3.8) is 0 Å². The SMILES string of the molecule is C[Si](C)(C)C1([Si](C)(C)C)c2cc(N(c3ccccc3)c3cc(-c4ccccc4)ccc3-c3ccccc3)ccc2-c2c1c1ccc(N(c3ccccc3)c3cc(-c4ccccc4)ccc3-c3ccccc3)cc1c1ccccc21. The Labute approximate surface area is 468 Å². The van der Waals surface area contributed by atoms with Crippen LogP contribution in [0.3, 0.4) is 0 Å². The maximum absolute atomic E-state index is 2.65. The first-order valence-corrected chi connectivity index (χ1v) is 34.8. The van der Waals surface area contributed by atoms with Crippen LogP contribution in [0.1, 0.15) is 11.1 Å². The predicted molar refractivity (Wildman–Crippen MR) is 345 cm³/mol. The lowest BCUT2D eigenvalue weighted by Gasteiger charge is -2.52. The third-order valence-electron chi connectivity index (χ3n) is 16.7. The molecule has 1 aliphatic rings. The van der Waals surface area contributed by atoms with E-state index in [1.54, 1.807) is 0 Å². The molecule has 0 radical (unpaired) electrons. The minimum atomic E-state index is -2.24. The summed E-state index contributed by atoms with van der Waals surface area (Å²) < 4.78 is -0.190. The van der Waals surface area contributed by atoms with Crippen molar-refractivity contribution in [2.24, 2.45) is 0 Å². The van der Waals surface area contributed by atoms with Gasteiger partial charge >= 0.3 is 0 Å². The summed E-state index contributed by atoms with van der Waals surface area (Å²) in [5.74, 6) is 0. The molecule has 0 unspecified atom stereocenters. The zero-order chi connectivity index (χ0) is 53.9. The number of hydrogen-bond donors (Lipinski definition) is 0. The van der Waals surface area contributed by atoms with Gasteiger partial charge in [0.15, 0.2) is 0 Å². The van der Waals surface area contributed by atoms with Crippen LogP contribution >= 0.6 is 0 Å². The molecule has 0 heterocycles. The van der Waals surface area contributed by atoms with Crippen LogP contribution in [0.5, 0.6) is 0 Å². The summed E-state index contributed by atoms with van der Waals surface area (Å²) in [4.78, 5) is 5.03. The Balaban J connectivity index is 1.07. The Kier molecular flexibility index (Phi) is 12.5. The smallest absolute Gasteiger partial charge is 0.0579 e. The summed E-state index contributed by atoms with van der Waals surface area (Å²) in [6.45, 7) is 15.9. The lowest BCUT2D eigenvalue weighted by Crippen LogP contribution is -2.63. The second-order valence-corrected chi connectivity index (χ2v) is 34.3. The van der Waals surface area contributed by atoms with E-state index < -0.39 is 16.1 Å². The van der Waals surface area contributed by atoms with E-state index in [0.29, 0.717) is 0 Å². The first-order valence-electron chi connectivity index (χ1n) is 27.8. The van der Waals surface area contributed by atoms with Crippen LogP contribution < -0.4 is 9.80 Å².